The van der Waals surface area contributed by atoms with Crippen LogP contribution in [0.3, 0.4) is 0 Å². The summed E-state index contributed by atoms with van der Waals surface area (Å²) >= 11 is 0. The Morgan fingerprint density at radius 3 is 2.79 bits per heavy atom. The summed E-state index contributed by atoms with van der Waals surface area (Å²) in [7, 11) is -1.88. The van der Waals surface area contributed by atoms with Crippen molar-refractivity contribution in [3.63, 3.8) is 0 Å². The molecule has 1 N–H and O–H groups in total. The van der Waals surface area contributed by atoms with Gasteiger partial charge < -0.3 is 19.9 Å². The van der Waals surface area contributed by atoms with Gasteiger partial charge in [0.15, 0.2) is 11.6 Å². The molecule has 0 spiro atoms. The second-order valence-corrected chi connectivity index (χ2v) is 9.14. The van der Waals surface area contributed by atoms with Gasteiger partial charge in [-0.3, -0.25) is 0 Å². The first-order valence-corrected chi connectivity index (χ1v) is 11.1. The fourth-order valence-electron chi connectivity index (χ4n) is 3.98. The second-order valence-electron chi connectivity index (χ2n) is 7.33. The zero-order valence-electron chi connectivity index (χ0n) is 16.2. The predicted octanol–water partition coefficient (Wildman–Crippen LogP) is 1.51. The van der Waals surface area contributed by atoms with Gasteiger partial charge in [-0.05, 0) is 18.2 Å². The summed E-state index contributed by atoms with van der Waals surface area (Å²) in [6, 6.07) is 9.25. The van der Waals surface area contributed by atoms with Crippen molar-refractivity contribution >= 4 is 32.4 Å². The summed E-state index contributed by atoms with van der Waals surface area (Å²) in [5.74, 6) is 1.16. The molecule has 1 fully saturated rings. The Morgan fingerprint density at radius 2 is 1.97 bits per heavy atom. The summed E-state index contributed by atoms with van der Waals surface area (Å²) in [4.78, 5) is 8.71. The number of hydrogen-bond acceptors (Lipinski definition) is 7. The van der Waals surface area contributed by atoms with Crippen molar-refractivity contribution in [1.29, 1.82) is 0 Å². The van der Waals surface area contributed by atoms with Crippen molar-refractivity contribution in [3.05, 3.63) is 42.7 Å². The van der Waals surface area contributed by atoms with Gasteiger partial charge in [-0.15, -0.1) is 0 Å². The average molecular weight is 414 g/mol. The Kier molecular flexibility index (Phi) is 4.36. The third kappa shape index (κ3) is 3.01. The van der Waals surface area contributed by atoms with Crippen LogP contribution in [0.15, 0.2) is 47.6 Å². The van der Waals surface area contributed by atoms with Crippen LogP contribution in [0.5, 0.6) is 5.75 Å². The van der Waals surface area contributed by atoms with Crippen molar-refractivity contribution in [3.8, 4) is 5.75 Å². The molecule has 152 valence electrons. The van der Waals surface area contributed by atoms with E-state index in [0.717, 1.165) is 43.8 Å². The molecule has 1 aromatic carbocycles. The highest BCUT2D eigenvalue weighted by Gasteiger charge is 2.25. The van der Waals surface area contributed by atoms with E-state index in [0.29, 0.717) is 23.7 Å². The number of pyridine rings is 1. The molecule has 8 nitrogen and oxygen atoms in total. The minimum Gasteiger partial charge on any atom is -0.488 e. The third-order valence-electron chi connectivity index (χ3n) is 5.54. The SMILES string of the molecule is CN1CCOc2cc(S(=O)(=O)n3ccc4c(N5CCNCC5)cccc43)cnc21. The van der Waals surface area contributed by atoms with Gasteiger partial charge in [0.05, 0.1) is 18.3 Å². The number of aromatic nitrogens is 2. The maximum atomic E-state index is 13.4. The maximum absolute atomic E-state index is 13.4. The highest BCUT2D eigenvalue weighted by atomic mass is 32.2. The lowest BCUT2D eigenvalue weighted by Gasteiger charge is -2.30. The topological polar surface area (TPSA) is 79.7 Å². The molecule has 2 aromatic heterocycles. The standard InChI is InChI=1S/C20H23N5O3S/c1-23-11-12-28-19-13-15(14-22-20(19)23)29(26,27)25-8-5-16-17(3-2-4-18(16)25)24-9-6-21-7-10-24/h2-5,8,13-14,21H,6-7,9-12H2,1H3. The first kappa shape index (κ1) is 18.3. The Balaban J connectivity index is 1.58. The van der Waals surface area contributed by atoms with Gasteiger partial charge in [-0.2, -0.15) is 0 Å². The minimum absolute atomic E-state index is 0.122. The predicted molar refractivity (Wildman–Crippen MR) is 113 cm³/mol. The van der Waals surface area contributed by atoms with E-state index in [1.807, 2.05) is 30.1 Å². The summed E-state index contributed by atoms with van der Waals surface area (Å²) in [6.45, 7) is 4.88. The van der Waals surface area contributed by atoms with E-state index < -0.39 is 10.0 Å². The number of piperazine rings is 1. The maximum Gasteiger partial charge on any atom is 0.269 e. The summed E-state index contributed by atoms with van der Waals surface area (Å²) in [5.41, 5.74) is 1.73. The van der Waals surface area contributed by atoms with Crippen LogP contribution >= 0.6 is 0 Å². The number of hydrogen-bond donors (Lipinski definition) is 1. The Bertz CT molecular complexity index is 1170. The number of ether oxygens (including phenoxy) is 1. The number of nitrogens with one attached hydrogen (secondary N) is 1. The van der Waals surface area contributed by atoms with Gasteiger partial charge in [0, 0.05) is 56.6 Å². The molecule has 0 saturated carbocycles. The van der Waals surface area contributed by atoms with Crippen LogP contribution in [-0.2, 0) is 10.0 Å². The Hall–Kier alpha value is -2.78. The molecule has 1 saturated heterocycles. The highest BCUT2D eigenvalue weighted by Crippen LogP contribution is 2.33. The molecule has 2 aliphatic heterocycles. The molecule has 5 rings (SSSR count). The summed E-state index contributed by atoms with van der Waals surface area (Å²) < 4.78 is 33.8. The fourth-order valence-corrected chi connectivity index (χ4v) is 5.29. The van der Waals surface area contributed by atoms with Crippen molar-refractivity contribution in [2.24, 2.45) is 0 Å². The van der Waals surface area contributed by atoms with Crippen LogP contribution in [0.1, 0.15) is 0 Å². The van der Waals surface area contributed by atoms with Crippen molar-refractivity contribution in [1.82, 2.24) is 14.3 Å². The number of nitrogens with zero attached hydrogens (tertiary/aromatic N) is 4. The largest absolute Gasteiger partial charge is 0.488 e. The van der Waals surface area contributed by atoms with Crippen LogP contribution in [0.4, 0.5) is 11.5 Å². The highest BCUT2D eigenvalue weighted by molar-refractivity contribution is 7.90. The monoisotopic (exact) mass is 413 g/mol. The molecule has 2 aliphatic rings. The van der Waals surface area contributed by atoms with E-state index in [1.165, 1.54) is 10.2 Å². The van der Waals surface area contributed by atoms with E-state index >= 15 is 0 Å². The molecular weight excluding hydrogens is 390 g/mol. The molecule has 0 aliphatic carbocycles. The molecule has 0 radical (unpaired) electrons. The zero-order chi connectivity index (χ0) is 20.0. The smallest absolute Gasteiger partial charge is 0.269 e. The Labute approximate surface area is 169 Å². The van der Waals surface area contributed by atoms with Crippen LogP contribution in [0.2, 0.25) is 0 Å². The molecule has 29 heavy (non-hydrogen) atoms. The number of rotatable bonds is 3. The molecule has 0 bridgehead atoms. The van der Waals surface area contributed by atoms with E-state index in [2.05, 4.69) is 21.3 Å². The number of anilines is 2. The van der Waals surface area contributed by atoms with Crippen molar-refractivity contribution in [2.45, 2.75) is 4.90 Å². The zero-order valence-corrected chi connectivity index (χ0v) is 17.0. The normalized spacial score (nSPS) is 17.3. The van der Waals surface area contributed by atoms with Gasteiger partial charge >= 0.3 is 0 Å². The lowest BCUT2D eigenvalue weighted by molar-refractivity contribution is 0.308. The van der Waals surface area contributed by atoms with E-state index in [1.54, 1.807) is 12.3 Å². The van der Waals surface area contributed by atoms with Crippen molar-refractivity contribution in [2.75, 3.05) is 56.2 Å². The number of fused-ring (bicyclic) bond motifs is 2. The van der Waals surface area contributed by atoms with Crippen LogP contribution in [0, 0.1) is 0 Å². The second kappa shape index (κ2) is 6.93. The average Bonchev–Trinajstić information content (AvgIpc) is 3.19. The van der Waals surface area contributed by atoms with Gasteiger partial charge in [-0.1, -0.05) is 6.07 Å². The third-order valence-corrected chi connectivity index (χ3v) is 7.20. The molecule has 9 heteroatoms. The van der Waals surface area contributed by atoms with Gasteiger partial charge in [0.1, 0.15) is 11.5 Å². The van der Waals surface area contributed by atoms with Gasteiger partial charge in [-0.25, -0.2) is 17.4 Å². The first-order chi connectivity index (χ1) is 14.1. The van der Waals surface area contributed by atoms with E-state index in [9.17, 15) is 8.42 Å². The van der Waals surface area contributed by atoms with Gasteiger partial charge in [0.25, 0.3) is 10.0 Å². The lowest BCUT2D eigenvalue weighted by atomic mass is 10.2. The molecule has 3 aromatic rings. The van der Waals surface area contributed by atoms with Crippen molar-refractivity contribution < 1.29 is 13.2 Å². The van der Waals surface area contributed by atoms with Crippen LogP contribution in [0.25, 0.3) is 10.9 Å². The molecule has 0 atom stereocenters. The summed E-state index contributed by atoms with van der Waals surface area (Å²) in [5, 5.41) is 4.28. The van der Waals surface area contributed by atoms with Gasteiger partial charge in [0.2, 0.25) is 0 Å². The molecule has 0 unspecified atom stereocenters. The number of likely N-dealkylation sites (N-methyl/N-ethyl adjacent to an activating group) is 1. The Morgan fingerprint density at radius 1 is 1.14 bits per heavy atom. The van der Waals surface area contributed by atoms with E-state index in [-0.39, 0.29) is 4.90 Å². The fraction of sp³-hybridized carbons (Fsp3) is 0.350. The minimum atomic E-state index is -3.80. The first-order valence-electron chi connectivity index (χ1n) is 9.71. The summed E-state index contributed by atoms with van der Waals surface area (Å²) in [6.07, 6.45) is 3.03. The quantitative estimate of drug-likeness (QED) is 0.697. The van der Waals surface area contributed by atoms with Crippen LogP contribution < -0.4 is 19.9 Å². The number of benzene rings is 1. The van der Waals surface area contributed by atoms with Crippen LogP contribution in [-0.4, -0.2) is 63.8 Å². The molecular formula is C20H23N5O3S. The molecule has 0 amide bonds. The van der Waals surface area contributed by atoms with E-state index in [4.69, 9.17) is 4.74 Å². The molecule has 4 heterocycles. The lowest BCUT2D eigenvalue weighted by Crippen LogP contribution is -2.43.